The molecule has 1 saturated heterocycles. The Kier molecular flexibility index (Phi) is 4.32. The second-order valence-electron chi connectivity index (χ2n) is 4.57. The van der Waals surface area contributed by atoms with Crippen LogP contribution in [0.5, 0.6) is 0 Å². The lowest BCUT2D eigenvalue weighted by atomic mass is 10.1. The summed E-state index contributed by atoms with van der Waals surface area (Å²) in [5, 5.41) is 0. The van der Waals surface area contributed by atoms with Gasteiger partial charge < -0.3 is 14.4 Å². The van der Waals surface area contributed by atoms with Gasteiger partial charge in [0.25, 0.3) is 0 Å². The lowest BCUT2D eigenvalue weighted by Gasteiger charge is -2.33. The number of aldehydes is 1. The molecule has 1 aliphatic rings. The van der Waals surface area contributed by atoms with E-state index in [1.165, 1.54) is 0 Å². The Balaban J connectivity index is 2.52. The average molecular weight is 328 g/mol. The van der Waals surface area contributed by atoms with Gasteiger partial charge in [0.1, 0.15) is 23.8 Å². The molecular weight excluding hydrogens is 318 g/mol. The Hall–Kier alpha value is -1.84. The third-order valence-corrected chi connectivity index (χ3v) is 3.05. The van der Waals surface area contributed by atoms with E-state index >= 15 is 0 Å². The number of hydrogen-bond acceptors (Lipinski definition) is 4. The summed E-state index contributed by atoms with van der Waals surface area (Å²) in [7, 11) is 0. The number of anilines is 1. The maximum atomic E-state index is 12.8. The van der Waals surface area contributed by atoms with Crippen LogP contribution in [0.3, 0.4) is 0 Å². The van der Waals surface area contributed by atoms with Gasteiger partial charge in [-0.05, 0) is 12.1 Å². The Morgan fingerprint density at radius 3 is 2.41 bits per heavy atom. The van der Waals surface area contributed by atoms with Crippen molar-refractivity contribution in [3.05, 3.63) is 23.4 Å². The van der Waals surface area contributed by atoms with Crippen molar-refractivity contribution < 1.29 is 35.9 Å². The molecule has 1 aromatic rings. The van der Waals surface area contributed by atoms with Gasteiger partial charge in [-0.1, -0.05) is 0 Å². The Bertz CT molecular complexity index is 525. The van der Waals surface area contributed by atoms with Crippen molar-refractivity contribution in [3.8, 4) is 0 Å². The van der Waals surface area contributed by atoms with Gasteiger partial charge in [-0.2, -0.15) is 26.3 Å². The van der Waals surface area contributed by atoms with Crippen LogP contribution in [0.15, 0.2) is 12.1 Å². The number of hydrogen-bond donors (Lipinski definition) is 0. The fraction of sp³-hybridized carbons (Fsp3) is 0.500. The molecule has 1 unspecified atom stereocenters. The lowest BCUT2D eigenvalue weighted by Crippen LogP contribution is -2.47. The first-order valence-electron chi connectivity index (χ1n) is 6.09. The van der Waals surface area contributed by atoms with Crippen molar-refractivity contribution in [1.29, 1.82) is 0 Å². The Labute approximate surface area is 120 Å². The molecule has 1 atom stereocenters. The molecule has 0 spiro atoms. The predicted octanol–water partition coefficient (Wildman–Crippen LogP) is 2.52. The first kappa shape index (κ1) is 16.5. The standard InChI is InChI=1S/C12H10F6N2O2/c13-11(14,15)7-3-9(12(16,17)18)19-10(4-7)20-1-2-22-6-8(20)5-21/h3-5,8H,1-2,6H2. The Morgan fingerprint density at radius 2 is 1.86 bits per heavy atom. The summed E-state index contributed by atoms with van der Waals surface area (Å²) in [6, 6.07) is -0.539. The molecule has 0 amide bonds. The molecule has 0 saturated carbocycles. The molecular formula is C12H10F6N2O2. The van der Waals surface area contributed by atoms with E-state index in [9.17, 15) is 31.1 Å². The van der Waals surface area contributed by atoms with Crippen molar-refractivity contribution >= 4 is 12.1 Å². The van der Waals surface area contributed by atoms with Crippen LogP contribution in [-0.2, 0) is 21.9 Å². The molecule has 0 aromatic carbocycles. The van der Waals surface area contributed by atoms with Gasteiger partial charge >= 0.3 is 12.4 Å². The highest BCUT2D eigenvalue weighted by Crippen LogP contribution is 2.36. The molecule has 2 heterocycles. The van der Waals surface area contributed by atoms with E-state index in [2.05, 4.69) is 4.98 Å². The number of rotatable bonds is 2. The normalized spacial score (nSPS) is 20.1. The van der Waals surface area contributed by atoms with E-state index in [0.29, 0.717) is 12.4 Å². The van der Waals surface area contributed by atoms with Crippen molar-refractivity contribution in [2.24, 2.45) is 0 Å². The molecule has 22 heavy (non-hydrogen) atoms. The minimum Gasteiger partial charge on any atom is -0.377 e. The number of halogens is 6. The predicted molar refractivity (Wildman–Crippen MR) is 62.3 cm³/mol. The van der Waals surface area contributed by atoms with Crippen LogP contribution >= 0.6 is 0 Å². The molecule has 122 valence electrons. The second kappa shape index (κ2) is 5.75. The third-order valence-electron chi connectivity index (χ3n) is 3.05. The van der Waals surface area contributed by atoms with Crippen molar-refractivity contribution in [3.63, 3.8) is 0 Å². The van der Waals surface area contributed by atoms with Crippen LogP contribution in [0.4, 0.5) is 32.2 Å². The van der Waals surface area contributed by atoms with E-state index in [4.69, 9.17) is 4.74 Å². The highest BCUT2D eigenvalue weighted by atomic mass is 19.4. The van der Waals surface area contributed by atoms with Crippen LogP contribution in [-0.4, -0.2) is 37.1 Å². The molecule has 4 nitrogen and oxygen atoms in total. The minimum absolute atomic E-state index is 0.0327. The number of ether oxygens (including phenoxy) is 1. The molecule has 1 aromatic heterocycles. The fourth-order valence-corrected chi connectivity index (χ4v) is 1.99. The summed E-state index contributed by atoms with van der Waals surface area (Å²) >= 11 is 0. The van der Waals surface area contributed by atoms with Gasteiger partial charge in [0.2, 0.25) is 0 Å². The van der Waals surface area contributed by atoms with Crippen LogP contribution in [0.1, 0.15) is 11.3 Å². The Morgan fingerprint density at radius 1 is 1.18 bits per heavy atom. The van der Waals surface area contributed by atoms with Crippen molar-refractivity contribution in [2.75, 3.05) is 24.7 Å². The van der Waals surface area contributed by atoms with Crippen LogP contribution < -0.4 is 4.90 Å². The molecule has 10 heteroatoms. The number of alkyl halides is 6. The highest BCUT2D eigenvalue weighted by molar-refractivity contribution is 5.65. The number of carbonyl (C=O) groups excluding carboxylic acids is 1. The summed E-state index contributed by atoms with van der Waals surface area (Å²) < 4.78 is 81.5. The zero-order valence-electron chi connectivity index (χ0n) is 10.9. The quantitative estimate of drug-likeness (QED) is 0.618. The fourth-order valence-electron chi connectivity index (χ4n) is 1.99. The largest absolute Gasteiger partial charge is 0.433 e. The molecule has 0 radical (unpaired) electrons. The number of pyridine rings is 1. The minimum atomic E-state index is -5.03. The van der Waals surface area contributed by atoms with Gasteiger partial charge in [-0.15, -0.1) is 0 Å². The molecule has 1 fully saturated rings. The molecule has 0 bridgehead atoms. The summed E-state index contributed by atoms with van der Waals surface area (Å²) in [5.41, 5.74) is -3.13. The zero-order chi connectivity index (χ0) is 16.5. The van der Waals surface area contributed by atoms with Gasteiger partial charge in [-0.3, -0.25) is 0 Å². The second-order valence-corrected chi connectivity index (χ2v) is 4.57. The smallest absolute Gasteiger partial charge is 0.377 e. The SMILES string of the molecule is O=CC1COCCN1c1cc(C(F)(F)F)cc(C(F)(F)F)n1. The first-order valence-corrected chi connectivity index (χ1v) is 6.09. The number of nitrogens with zero attached hydrogens (tertiary/aromatic N) is 2. The van der Waals surface area contributed by atoms with Crippen molar-refractivity contribution in [2.45, 2.75) is 18.4 Å². The van der Waals surface area contributed by atoms with Crippen LogP contribution in [0.2, 0.25) is 0 Å². The molecule has 0 aliphatic carbocycles. The van der Waals surface area contributed by atoms with E-state index in [0.717, 1.165) is 4.90 Å². The first-order chi connectivity index (χ1) is 10.1. The van der Waals surface area contributed by atoms with E-state index < -0.39 is 35.5 Å². The average Bonchev–Trinajstić information content (AvgIpc) is 2.45. The van der Waals surface area contributed by atoms with Crippen LogP contribution in [0.25, 0.3) is 0 Å². The molecule has 2 rings (SSSR count). The molecule has 1 aliphatic heterocycles. The van der Waals surface area contributed by atoms with Crippen LogP contribution in [0, 0.1) is 0 Å². The van der Waals surface area contributed by atoms with E-state index in [-0.39, 0.29) is 25.8 Å². The summed E-state index contributed by atoms with van der Waals surface area (Å²) in [4.78, 5) is 15.2. The van der Waals surface area contributed by atoms with Crippen molar-refractivity contribution in [1.82, 2.24) is 4.98 Å². The number of aromatic nitrogens is 1. The summed E-state index contributed by atoms with van der Waals surface area (Å²) in [6.07, 6.45) is -9.59. The van der Waals surface area contributed by atoms with Gasteiger partial charge in [0.15, 0.2) is 0 Å². The zero-order valence-corrected chi connectivity index (χ0v) is 10.9. The number of morpholine rings is 1. The summed E-state index contributed by atoms with van der Waals surface area (Å²) in [6.45, 7) is -0.0819. The maximum Gasteiger partial charge on any atom is 0.433 e. The maximum absolute atomic E-state index is 12.8. The molecule has 0 N–H and O–H groups in total. The summed E-state index contributed by atoms with van der Waals surface area (Å²) in [5.74, 6) is -0.553. The lowest BCUT2D eigenvalue weighted by molar-refractivity contribution is -0.145. The van der Waals surface area contributed by atoms with Gasteiger partial charge in [0.05, 0.1) is 18.8 Å². The topological polar surface area (TPSA) is 42.4 Å². The third kappa shape index (κ3) is 3.49. The highest BCUT2D eigenvalue weighted by Gasteiger charge is 2.39. The van der Waals surface area contributed by atoms with E-state index in [1.807, 2.05) is 0 Å². The van der Waals surface area contributed by atoms with Gasteiger partial charge in [-0.25, -0.2) is 4.98 Å². The van der Waals surface area contributed by atoms with E-state index in [1.54, 1.807) is 0 Å². The number of carbonyl (C=O) groups is 1. The van der Waals surface area contributed by atoms with Gasteiger partial charge in [0, 0.05) is 6.54 Å². The monoisotopic (exact) mass is 328 g/mol.